The topological polar surface area (TPSA) is 73.8 Å². The zero-order valence-electron chi connectivity index (χ0n) is 19.2. The first kappa shape index (κ1) is 22.4. The Balaban J connectivity index is 1.52. The molecule has 34 heavy (non-hydrogen) atoms. The fourth-order valence-corrected chi connectivity index (χ4v) is 5.28. The van der Waals surface area contributed by atoms with Gasteiger partial charge in [-0.3, -0.25) is 10.2 Å². The Morgan fingerprint density at radius 2 is 1.79 bits per heavy atom. The average molecular weight is 488 g/mol. The van der Waals surface area contributed by atoms with Crippen LogP contribution in [0.15, 0.2) is 64.2 Å². The summed E-state index contributed by atoms with van der Waals surface area (Å²) in [7, 11) is 0. The van der Waals surface area contributed by atoms with E-state index in [0.717, 1.165) is 44.4 Å². The van der Waals surface area contributed by atoms with E-state index in [2.05, 4.69) is 14.7 Å². The smallest absolute Gasteiger partial charge is 0.283 e. The summed E-state index contributed by atoms with van der Waals surface area (Å²) in [4.78, 5) is 17.1. The summed E-state index contributed by atoms with van der Waals surface area (Å²) < 4.78 is 2.09. The van der Waals surface area contributed by atoms with Gasteiger partial charge in [0.15, 0.2) is 5.84 Å². The van der Waals surface area contributed by atoms with Crippen LogP contribution in [-0.4, -0.2) is 31.5 Å². The minimum Gasteiger partial charge on any atom is -0.318 e. The second-order valence-corrected chi connectivity index (χ2v) is 9.70. The lowest BCUT2D eigenvalue weighted by Gasteiger charge is -2.20. The molecule has 5 rings (SSSR count). The van der Waals surface area contributed by atoms with Crippen molar-refractivity contribution in [2.45, 2.75) is 27.7 Å². The molecule has 0 radical (unpaired) electrons. The van der Waals surface area contributed by atoms with Crippen molar-refractivity contribution < 1.29 is 4.79 Å². The van der Waals surface area contributed by atoms with E-state index < -0.39 is 5.91 Å². The molecule has 0 unspecified atom stereocenters. The van der Waals surface area contributed by atoms with Gasteiger partial charge in [0, 0.05) is 27.7 Å². The van der Waals surface area contributed by atoms with Crippen molar-refractivity contribution in [3.63, 3.8) is 0 Å². The van der Waals surface area contributed by atoms with Crippen molar-refractivity contribution in [1.82, 2.24) is 9.58 Å². The number of carbonyl (C=O) groups is 1. The molecule has 0 saturated heterocycles. The molecule has 0 atom stereocenters. The van der Waals surface area contributed by atoms with Crippen LogP contribution in [0.2, 0.25) is 5.02 Å². The molecule has 0 saturated carbocycles. The second kappa shape index (κ2) is 8.42. The highest BCUT2D eigenvalue weighted by atomic mass is 35.5. The largest absolute Gasteiger partial charge is 0.318 e. The Morgan fingerprint density at radius 3 is 2.53 bits per heavy atom. The van der Waals surface area contributed by atoms with E-state index in [1.807, 2.05) is 76.2 Å². The Morgan fingerprint density at radius 1 is 1.03 bits per heavy atom. The van der Waals surface area contributed by atoms with Gasteiger partial charge in [-0.1, -0.05) is 41.9 Å². The van der Waals surface area contributed by atoms with E-state index in [1.165, 1.54) is 16.8 Å². The lowest BCUT2D eigenvalue weighted by atomic mass is 10.1. The van der Waals surface area contributed by atoms with Crippen LogP contribution in [0, 0.1) is 33.1 Å². The van der Waals surface area contributed by atoms with Crippen LogP contribution in [0.25, 0.3) is 11.8 Å². The monoisotopic (exact) mass is 487 g/mol. The lowest BCUT2D eigenvalue weighted by molar-refractivity contribution is -0.114. The van der Waals surface area contributed by atoms with Crippen LogP contribution in [-0.2, 0) is 4.79 Å². The average Bonchev–Trinajstić information content (AvgIpc) is 3.34. The van der Waals surface area contributed by atoms with Gasteiger partial charge in [-0.2, -0.15) is 15.1 Å². The number of fused-ring (bicyclic) bond motifs is 1. The summed E-state index contributed by atoms with van der Waals surface area (Å²) in [6.07, 6.45) is 1.73. The van der Waals surface area contributed by atoms with Gasteiger partial charge in [-0.15, -0.1) is 0 Å². The van der Waals surface area contributed by atoms with Crippen LogP contribution in [0.5, 0.6) is 0 Å². The summed E-state index contributed by atoms with van der Waals surface area (Å²) >= 11 is 7.66. The number of nitrogens with one attached hydrogen (secondary N) is 1. The molecule has 1 aromatic heterocycles. The SMILES string of the molecule is Cc1ccc(-n2c(C)cc(/C=C3\C(=N)N4N=C(c5ccccc5C)SC4=NC3=O)c2C)cc1Cl. The zero-order valence-corrected chi connectivity index (χ0v) is 20.8. The van der Waals surface area contributed by atoms with Crippen LogP contribution in [0.1, 0.15) is 33.6 Å². The predicted molar refractivity (Wildman–Crippen MR) is 140 cm³/mol. The third-order valence-electron chi connectivity index (χ3n) is 6.01. The Labute approximate surface area is 207 Å². The molecule has 0 bridgehead atoms. The number of thioether (sulfide) groups is 1. The molecular formula is C26H22ClN5OS. The number of aromatic nitrogens is 1. The third kappa shape index (κ3) is 3.71. The molecular weight excluding hydrogens is 466 g/mol. The van der Waals surface area contributed by atoms with Crippen molar-refractivity contribution >= 4 is 51.4 Å². The molecule has 0 aliphatic carbocycles. The molecule has 0 spiro atoms. The molecule has 6 nitrogen and oxygen atoms in total. The van der Waals surface area contributed by atoms with Crippen LogP contribution >= 0.6 is 23.4 Å². The van der Waals surface area contributed by atoms with Crippen molar-refractivity contribution in [3.05, 3.63) is 92.8 Å². The highest BCUT2D eigenvalue weighted by Crippen LogP contribution is 2.33. The molecule has 170 valence electrons. The maximum absolute atomic E-state index is 12.9. The van der Waals surface area contributed by atoms with Gasteiger partial charge in [0.1, 0.15) is 5.04 Å². The number of aliphatic imine (C=N–C) groups is 1. The maximum atomic E-state index is 12.9. The van der Waals surface area contributed by atoms with Gasteiger partial charge in [0.2, 0.25) is 5.17 Å². The summed E-state index contributed by atoms with van der Waals surface area (Å²) in [5.74, 6) is -0.414. The number of nitrogens with zero attached hydrogens (tertiary/aromatic N) is 4. The van der Waals surface area contributed by atoms with Crippen LogP contribution < -0.4 is 0 Å². The molecule has 3 aromatic rings. The van der Waals surface area contributed by atoms with Crippen molar-refractivity contribution in [2.24, 2.45) is 10.1 Å². The van der Waals surface area contributed by atoms with Crippen LogP contribution in [0.3, 0.4) is 0 Å². The quantitative estimate of drug-likeness (QED) is 0.458. The second-order valence-electron chi connectivity index (χ2n) is 8.34. The van der Waals surface area contributed by atoms with E-state index in [0.29, 0.717) is 10.2 Å². The van der Waals surface area contributed by atoms with Gasteiger partial charge in [-0.05, 0) is 80.4 Å². The Bertz CT molecular complexity index is 1480. The predicted octanol–water partition coefficient (Wildman–Crippen LogP) is 6.03. The highest BCUT2D eigenvalue weighted by molar-refractivity contribution is 8.27. The summed E-state index contributed by atoms with van der Waals surface area (Å²) in [5, 5.41) is 16.6. The number of carbonyl (C=O) groups excluding carboxylic acids is 1. The molecule has 2 aromatic carbocycles. The van der Waals surface area contributed by atoms with E-state index in [4.69, 9.17) is 17.0 Å². The van der Waals surface area contributed by atoms with Gasteiger partial charge in [0.25, 0.3) is 5.91 Å². The molecule has 2 aliphatic rings. The standard InChI is InChI=1S/C26H22ClN5OS/c1-14-7-5-6-8-20(14)25-30-32-23(28)21(24(33)29-26(32)34-25)12-18-11-16(3)31(17(18)4)19-10-9-15(2)22(27)13-19/h5-13,28H,1-4H3/b21-12+,28-23?. The number of halogens is 1. The number of benzene rings is 2. The maximum Gasteiger partial charge on any atom is 0.283 e. The fraction of sp³-hybridized carbons (Fsp3) is 0.154. The summed E-state index contributed by atoms with van der Waals surface area (Å²) in [6.45, 7) is 7.97. The number of hydrazone groups is 1. The van der Waals surface area contributed by atoms with Gasteiger partial charge < -0.3 is 4.57 Å². The van der Waals surface area contributed by atoms with Crippen molar-refractivity contribution in [2.75, 3.05) is 0 Å². The van der Waals surface area contributed by atoms with Gasteiger partial charge in [0.05, 0.1) is 5.57 Å². The van der Waals surface area contributed by atoms with E-state index in [-0.39, 0.29) is 11.4 Å². The van der Waals surface area contributed by atoms with Crippen LogP contribution in [0.4, 0.5) is 0 Å². The molecule has 0 fully saturated rings. The Kier molecular flexibility index (Phi) is 5.54. The fourth-order valence-electron chi connectivity index (χ4n) is 4.12. The highest BCUT2D eigenvalue weighted by Gasteiger charge is 2.36. The molecule has 1 amide bonds. The first-order valence-electron chi connectivity index (χ1n) is 10.8. The first-order chi connectivity index (χ1) is 16.2. The number of hydrogen-bond acceptors (Lipinski definition) is 4. The molecule has 2 aliphatic heterocycles. The lowest BCUT2D eigenvalue weighted by Crippen LogP contribution is -2.35. The molecule has 3 heterocycles. The van der Waals surface area contributed by atoms with Gasteiger partial charge >= 0.3 is 0 Å². The van der Waals surface area contributed by atoms with E-state index in [1.54, 1.807) is 6.08 Å². The minimum atomic E-state index is -0.437. The van der Waals surface area contributed by atoms with Crippen molar-refractivity contribution in [3.8, 4) is 5.69 Å². The Hall–Kier alpha value is -3.42. The number of amidine groups is 2. The third-order valence-corrected chi connectivity index (χ3v) is 7.36. The van der Waals surface area contributed by atoms with Gasteiger partial charge in [-0.25, -0.2) is 0 Å². The van der Waals surface area contributed by atoms with Crippen molar-refractivity contribution in [1.29, 1.82) is 5.41 Å². The summed E-state index contributed by atoms with van der Waals surface area (Å²) in [6, 6.07) is 15.8. The number of hydrogen-bond donors (Lipinski definition) is 1. The van der Waals surface area contributed by atoms with E-state index in [9.17, 15) is 4.79 Å². The van der Waals surface area contributed by atoms with E-state index >= 15 is 0 Å². The minimum absolute atomic E-state index is 0.0225. The normalized spacial score (nSPS) is 16.7. The first-order valence-corrected chi connectivity index (χ1v) is 12.0. The zero-order chi connectivity index (χ0) is 24.1. The number of rotatable bonds is 3. The number of aryl methyl sites for hydroxylation is 3. The summed E-state index contributed by atoms with van der Waals surface area (Å²) in [5.41, 5.74) is 7.00. The molecule has 1 N–H and O–H groups in total. The molecule has 8 heteroatoms. The number of amides is 1.